The zero-order valence-corrected chi connectivity index (χ0v) is 15.2. The van der Waals surface area contributed by atoms with Gasteiger partial charge in [-0.15, -0.1) is 0 Å². The largest absolute Gasteiger partial charge is 0.504 e. The second-order valence-corrected chi connectivity index (χ2v) is 6.08. The second-order valence-electron chi connectivity index (χ2n) is 6.08. The lowest BCUT2D eigenvalue weighted by atomic mass is 10.1. The zero-order chi connectivity index (χ0) is 18.9. The summed E-state index contributed by atoms with van der Waals surface area (Å²) in [6, 6.07) is 12.3. The van der Waals surface area contributed by atoms with Crippen LogP contribution >= 0.6 is 0 Å². The first-order valence-electron chi connectivity index (χ1n) is 8.66. The van der Waals surface area contributed by atoms with Crippen molar-refractivity contribution in [3.63, 3.8) is 0 Å². The fraction of sp³-hybridized carbons (Fsp3) is 0.286. The maximum atomic E-state index is 12.2. The van der Waals surface area contributed by atoms with Gasteiger partial charge in [0.15, 0.2) is 11.5 Å². The minimum Gasteiger partial charge on any atom is -0.504 e. The minimum absolute atomic E-state index is 0.125. The maximum Gasteiger partial charge on any atom is 0.246 e. The molecule has 0 saturated heterocycles. The molecule has 2 aromatic rings. The Hall–Kier alpha value is -2.95. The van der Waals surface area contributed by atoms with E-state index >= 15 is 0 Å². The number of phenolic OH excluding ortho intramolecular Hbond substituents is 2. The molecule has 0 saturated carbocycles. The van der Waals surface area contributed by atoms with Gasteiger partial charge in [0.25, 0.3) is 0 Å². The van der Waals surface area contributed by atoms with Gasteiger partial charge in [0, 0.05) is 19.7 Å². The summed E-state index contributed by atoms with van der Waals surface area (Å²) in [7, 11) is 1.75. The molecule has 2 aromatic carbocycles. The van der Waals surface area contributed by atoms with E-state index in [1.165, 1.54) is 18.2 Å². The van der Waals surface area contributed by atoms with Gasteiger partial charge in [0.05, 0.1) is 6.61 Å². The summed E-state index contributed by atoms with van der Waals surface area (Å²) >= 11 is 0. The minimum atomic E-state index is -0.209. The van der Waals surface area contributed by atoms with Crippen LogP contribution in [0.2, 0.25) is 0 Å². The normalized spacial score (nSPS) is 10.8. The number of nitrogens with zero attached hydrogens (tertiary/aromatic N) is 1. The molecule has 5 nitrogen and oxygen atoms in total. The number of carbonyl (C=O) groups is 1. The maximum absolute atomic E-state index is 12.2. The van der Waals surface area contributed by atoms with E-state index in [1.807, 2.05) is 24.3 Å². The third-order valence-electron chi connectivity index (χ3n) is 3.93. The fourth-order valence-electron chi connectivity index (χ4n) is 2.32. The van der Waals surface area contributed by atoms with Gasteiger partial charge in [0.2, 0.25) is 5.91 Å². The number of amides is 1. The van der Waals surface area contributed by atoms with Crippen molar-refractivity contribution < 1.29 is 19.7 Å². The molecule has 0 bridgehead atoms. The van der Waals surface area contributed by atoms with Crippen LogP contribution in [0.1, 0.15) is 24.5 Å². The Labute approximate surface area is 154 Å². The van der Waals surface area contributed by atoms with Crippen molar-refractivity contribution in [1.29, 1.82) is 0 Å². The van der Waals surface area contributed by atoms with E-state index < -0.39 is 0 Å². The van der Waals surface area contributed by atoms with Gasteiger partial charge in [-0.3, -0.25) is 4.79 Å². The van der Waals surface area contributed by atoms with Gasteiger partial charge in [-0.05, 0) is 54.3 Å². The number of hydrogen-bond donors (Lipinski definition) is 2. The average Bonchev–Trinajstić information content (AvgIpc) is 2.65. The highest BCUT2D eigenvalue weighted by Crippen LogP contribution is 2.25. The predicted molar refractivity (Wildman–Crippen MR) is 102 cm³/mol. The van der Waals surface area contributed by atoms with E-state index in [-0.39, 0.29) is 17.4 Å². The lowest BCUT2D eigenvalue weighted by Crippen LogP contribution is -2.27. The van der Waals surface area contributed by atoms with Crippen LogP contribution in [0.3, 0.4) is 0 Å². The van der Waals surface area contributed by atoms with Crippen LogP contribution in [-0.2, 0) is 11.2 Å². The smallest absolute Gasteiger partial charge is 0.246 e. The van der Waals surface area contributed by atoms with Crippen molar-refractivity contribution in [2.45, 2.75) is 19.8 Å². The molecule has 0 unspecified atom stereocenters. The van der Waals surface area contributed by atoms with E-state index in [9.17, 15) is 15.0 Å². The number of aromatic hydroxyl groups is 2. The standard InChI is InChI=1S/C21H25NO4/c1-3-14-26-18-8-4-16(5-9-18)12-13-22(2)21(25)11-7-17-6-10-19(23)20(24)15-17/h4-11,15,23-24H,3,12-14H2,1-2H3/b11-7+. The quantitative estimate of drug-likeness (QED) is 0.561. The SMILES string of the molecule is CCCOc1ccc(CCN(C)C(=O)/C=C/c2ccc(O)c(O)c2)cc1. The lowest BCUT2D eigenvalue weighted by Gasteiger charge is -2.15. The monoisotopic (exact) mass is 355 g/mol. The molecule has 0 aliphatic rings. The van der Waals surface area contributed by atoms with Crippen LogP contribution in [0.5, 0.6) is 17.2 Å². The molecule has 0 fully saturated rings. The molecule has 0 radical (unpaired) electrons. The van der Waals surface area contributed by atoms with Gasteiger partial charge in [-0.25, -0.2) is 0 Å². The van der Waals surface area contributed by atoms with E-state index in [1.54, 1.807) is 24.1 Å². The Morgan fingerprint density at radius 1 is 1.12 bits per heavy atom. The van der Waals surface area contributed by atoms with Crippen molar-refractivity contribution >= 4 is 12.0 Å². The van der Waals surface area contributed by atoms with Gasteiger partial charge >= 0.3 is 0 Å². The highest BCUT2D eigenvalue weighted by molar-refractivity contribution is 5.91. The first-order chi connectivity index (χ1) is 12.5. The molecule has 0 spiro atoms. The Kier molecular flexibility index (Phi) is 7.09. The van der Waals surface area contributed by atoms with Gasteiger partial charge in [-0.2, -0.15) is 0 Å². The van der Waals surface area contributed by atoms with Crippen molar-refractivity contribution in [3.05, 3.63) is 59.7 Å². The van der Waals surface area contributed by atoms with Gasteiger partial charge in [0.1, 0.15) is 5.75 Å². The first kappa shape index (κ1) is 19.4. The van der Waals surface area contributed by atoms with Crippen molar-refractivity contribution in [2.24, 2.45) is 0 Å². The number of hydrogen-bond acceptors (Lipinski definition) is 4. The Morgan fingerprint density at radius 2 is 1.85 bits per heavy atom. The predicted octanol–water partition coefficient (Wildman–Crippen LogP) is 3.60. The van der Waals surface area contributed by atoms with Crippen LogP contribution in [0, 0.1) is 0 Å². The first-order valence-corrected chi connectivity index (χ1v) is 8.66. The van der Waals surface area contributed by atoms with E-state index in [0.29, 0.717) is 18.7 Å². The summed E-state index contributed by atoms with van der Waals surface area (Å²) in [6.07, 6.45) is 4.79. The summed E-state index contributed by atoms with van der Waals surface area (Å²) < 4.78 is 5.56. The molecule has 0 aromatic heterocycles. The summed E-state index contributed by atoms with van der Waals surface area (Å²) in [5.41, 5.74) is 1.78. The molecule has 5 heteroatoms. The van der Waals surface area contributed by atoms with Crippen molar-refractivity contribution in [1.82, 2.24) is 4.90 Å². The van der Waals surface area contributed by atoms with Crippen LogP contribution in [0.15, 0.2) is 48.5 Å². The average molecular weight is 355 g/mol. The molecule has 0 aliphatic carbocycles. The molecule has 2 N–H and O–H groups in total. The van der Waals surface area contributed by atoms with Gasteiger partial charge < -0.3 is 19.8 Å². The third-order valence-corrected chi connectivity index (χ3v) is 3.93. The number of likely N-dealkylation sites (N-methyl/N-ethyl adjacent to an activating group) is 1. The summed E-state index contributed by atoms with van der Waals surface area (Å²) in [4.78, 5) is 13.8. The third kappa shape index (κ3) is 5.84. The van der Waals surface area contributed by atoms with Gasteiger partial charge in [-0.1, -0.05) is 25.1 Å². The number of carbonyl (C=O) groups excluding carboxylic acids is 1. The Balaban J connectivity index is 1.84. The molecule has 0 atom stereocenters. The highest BCUT2D eigenvalue weighted by atomic mass is 16.5. The lowest BCUT2D eigenvalue weighted by molar-refractivity contribution is -0.124. The number of rotatable bonds is 8. The number of benzene rings is 2. The van der Waals surface area contributed by atoms with Crippen LogP contribution in [-0.4, -0.2) is 41.2 Å². The Bertz CT molecular complexity index is 753. The number of phenols is 2. The molecular formula is C21H25NO4. The number of ether oxygens (including phenoxy) is 1. The second kappa shape index (κ2) is 9.51. The summed E-state index contributed by atoms with van der Waals surface area (Å²) in [5.74, 6) is 0.344. The van der Waals surface area contributed by atoms with Crippen molar-refractivity contribution in [2.75, 3.05) is 20.2 Å². The van der Waals surface area contributed by atoms with Crippen LogP contribution in [0.4, 0.5) is 0 Å². The van der Waals surface area contributed by atoms with E-state index in [0.717, 1.165) is 24.2 Å². The summed E-state index contributed by atoms with van der Waals surface area (Å²) in [5, 5.41) is 18.8. The van der Waals surface area contributed by atoms with Crippen LogP contribution in [0.25, 0.3) is 6.08 Å². The zero-order valence-electron chi connectivity index (χ0n) is 15.2. The summed E-state index contributed by atoms with van der Waals surface area (Å²) in [6.45, 7) is 3.38. The molecule has 0 aliphatic heterocycles. The van der Waals surface area contributed by atoms with E-state index in [2.05, 4.69) is 6.92 Å². The molecule has 26 heavy (non-hydrogen) atoms. The topological polar surface area (TPSA) is 70.0 Å². The molecule has 2 rings (SSSR count). The highest BCUT2D eigenvalue weighted by Gasteiger charge is 2.06. The fourth-order valence-corrected chi connectivity index (χ4v) is 2.32. The molecule has 138 valence electrons. The van der Waals surface area contributed by atoms with Crippen molar-refractivity contribution in [3.8, 4) is 17.2 Å². The van der Waals surface area contributed by atoms with Crippen LogP contribution < -0.4 is 4.74 Å². The Morgan fingerprint density at radius 3 is 2.50 bits per heavy atom. The molecule has 0 heterocycles. The molecular weight excluding hydrogens is 330 g/mol. The van der Waals surface area contributed by atoms with E-state index in [4.69, 9.17) is 4.74 Å². The molecule has 1 amide bonds.